The van der Waals surface area contributed by atoms with Crippen molar-refractivity contribution in [1.82, 2.24) is 25.0 Å². The van der Waals surface area contributed by atoms with Crippen LogP contribution in [-0.2, 0) is 14.0 Å². The SMILES string of the molecule is O=P(O)(O)C(F)(CO)OC[C@H]1O[C@@H](n2nnc3c(NC4CCCC4)nc(Cl)nc32)[C@H](O)[C@@H]1O. The molecule has 1 aliphatic heterocycles. The maximum absolute atomic E-state index is 14.2. The largest absolute Gasteiger partial charge is 0.392 e. The molecule has 2 aliphatic rings. The van der Waals surface area contributed by atoms with Crippen LogP contribution < -0.4 is 5.32 Å². The number of anilines is 1. The van der Waals surface area contributed by atoms with Crippen molar-refractivity contribution in [1.29, 1.82) is 0 Å². The minimum Gasteiger partial charge on any atom is -0.390 e. The zero-order chi connectivity index (χ0) is 24.0. The number of nitrogens with zero attached hydrogens (tertiary/aromatic N) is 5. The lowest BCUT2D eigenvalue weighted by Crippen LogP contribution is -2.39. The van der Waals surface area contributed by atoms with Crippen molar-refractivity contribution in [2.45, 2.75) is 61.9 Å². The summed E-state index contributed by atoms with van der Waals surface area (Å²) >= 11 is 6.05. The van der Waals surface area contributed by atoms with E-state index in [-0.39, 0.29) is 22.5 Å². The highest BCUT2D eigenvalue weighted by Gasteiger charge is 2.52. The maximum Gasteiger partial charge on any atom is 0.392 e. The normalized spacial score (nSPS) is 28.5. The van der Waals surface area contributed by atoms with Gasteiger partial charge in [0.05, 0.1) is 6.61 Å². The zero-order valence-corrected chi connectivity index (χ0v) is 18.7. The van der Waals surface area contributed by atoms with Crippen molar-refractivity contribution in [2.24, 2.45) is 0 Å². The minimum absolute atomic E-state index is 0.0960. The molecular formula is C16H23ClFN6O8P. The number of aliphatic hydroxyl groups is 3. The standard InChI is InChI=1S/C16H23ClFN6O8P/c17-15-20-12(19-7-3-1-2-4-7)9-13(21-15)24(23-22-9)14-11(27)10(26)8(32-14)5-31-16(18,6-25)33(28,29)30/h7-8,10-11,14,25-27H,1-6H2,(H,19,20,21)(H2,28,29,30)/t8-,10-,11-,14-,16?/m1/s1. The number of aliphatic hydroxyl groups excluding tert-OH is 3. The van der Waals surface area contributed by atoms with E-state index >= 15 is 0 Å². The van der Waals surface area contributed by atoms with Gasteiger partial charge in [0.2, 0.25) is 5.28 Å². The fourth-order valence-electron chi connectivity index (χ4n) is 3.84. The summed E-state index contributed by atoms with van der Waals surface area (Å²) in [4.78, 5) is 26.3. The molecule has 33 heavy (non-hydrogen) atoms. The number of rotatable bonds is 8. The van der Waals surface area contributed by atoms with Crippen molar-refractivity contribution in [3.8, 4) is 0 Å². The van der Waals surface area contributed by atoms with Crippen LogP contribution in [0.5, 0.6) is 0 Å². The summed E-state index contributed by atoms with van der Waals surface area (Å²) in [6.07, 6.45) is -1.98. The fraction of sp³-hybridized carbons (Fsp3) is 0.750. The van der Waals surface area contributed by atoms with Crippen LogP contribution in [0.4, 0.5) is 10.2 Å². The molecule has 1 saturated heterocycles. The van der Waals surface area contributed by atoms with Gasteiger partial charge in [0.25, 0.3) is 0 Å². The summed E-state index contributed by atoms with van der Waals surface area (Å²) in [7, 11) is -5.50. The first-order valence-corrected chi connectivity index (χ1v) is 12.1. The van der Waals surface area contributed by atoms with Crippen molar-refractivity contribution in [3.05, 3.63) is 5.28 Å². The molecule has 0 bridgehead atoms. The highest BCUT2D eigenvalue weighted by Crippen LogP contribution is 2.52. The Kier molecular flexibility index (Phi) is 6.88. The average molecular weight is 513 g/mol. The van der Waals surface area contributed by atoms with Gasteiger partial charge in [0.1, 0.15) is 24.9 Å². The quantitative estimate of drug-likeness (QED) is 0.198. The Balaban J connectivity index is 1.56. The van der Waals surface area contributed by atoms with Gasteiger partial charge in [-0.2, -0.15) is 19.0 Å². The fourth-order valence-corrected chi connectivity index (χ4v) is 4.43. The lowest BCUT2D eigenvalue weighted by molar-refractivity contribution is -0.158. The Morgan fingerprint density at radius 2 is 1.97 bits per heavy atom. The van der Waals surface area contributed by atoms with E-state index < -0.39 is 50.9 Å². The molecule has 14 nitrogen and oxygen atoms in total. The minimum atomic E-state index is -5.50. The third-order valence-electron chi connectivity index (χ3n) is 5.67. The van der Waals surface area contributed by atoms with Gasteiger partial charge in [0.15, 0.2) is 23.2 Å². The summed E-state index contributed by atoms with van der Waals surface area (Å²) in [5.74, 6) is 0.350. The first-order chi connectivity index (χ1) is 15.5. The molecule has 4 rings (SSSR count). The molecule has 184 valence electrons. The number of fused-ring (bicyclic) bond motifs is 1. The zero-order valence-electron chi connectivity index (χ0n) is 17.0. The van der Waals surface area contributed by atoms with Gasteiger partial charge >= 0.3 is 13.2 Å². The van der Waals surface area contributed by atoms with Gasteiger partial charge in [-0.05, 0) is 24.4 Å². The number of halogens is 2. The molecule has 0 amide bonds. The lowest BCUT2D eigenvalue weighted by atomic mass is 10.1. The Morgan fingerprint density at radius 1 is 1.27 bits per heavy atom. The van der Waals surface area contributed by atoms with Crippen LogP contribution in [0.2, 0.25) is 5.28 Å². The number of alkyl halides is 1. The third-order valence-corrected chi connectivity index (χ3v) is 6.98. The van der Waals surface area contributed by atoms with Crippen molar-refractivity contribution in [3.63, 3.8) is 0 Å². The van der Waals surface area contributed by atoms with Crippen molar-refractivity contribution in [2.75, 3.05) is 18.5 Å². The van der Waals surface area contributed by atoms with Gasteiger partial charge in [0, 0.05) is 6.04 Å². The van der Waals surface area contributed by atoms with E-state index in [1.165, 1.54) is 0 Å². The molecule has 17 heteroatoms. The number of hydrogen-bond donors (Lipinski definition) is 6. The predicted octanol–water partition coefficient (Wildman–Crippen LogP) is -0.342. The summed E-state index contributed by atoms with van der Waals surface area (Å²) in [6, 6.07) is 0.183. The molecule has 0 radical (unpaired) electrons. The number of hydrogen-bond acceptors (Lipinski definition) is 11. The van der Waals surface area contributed by atoms with E-state index in [0.29, 0.717) is 5.82 Å². The first-order valence-electron chi connectivity index (χ1n) is 10.1. The summed E-state index contributed by atoms with van der Waals surface area (Å²) < 4.78 is 36.6. The topological polar surface area (TPSA) is 205 Å². The first kappa shape index (κ1) is 24.6. The molecule has 1 saturated carbocycles. The molecule has 0 spiro atoms. The van der Waals surface area contributed by atoms with E-state index in [2.05, 4.69) is 30.3 Å². The summed E-state index contributed by atoms with van der Waals surface area (Å²) in [5, 5.41) is 40.8. The number of nitrogens with one attached hydrogen (secondary N) is 1. The van der Waals surface area contributed by atoms with Gasteiger partial charge in [-0.25, -0.2) is 0 Å². The third kappa shape index (κ3) is 4.70. The second-order valence-corrected chi connectivity index (χ2v) is 10.0. The van der Waals surface area contributed by atoms with Crippen molar-refractivity contribution >= 4 is 36.2 Å². The summed E-state index contributed by atoms with van der Waals surface area (Å²) in [6.45, 7) is -2.53. The van der Waals surface area contributed by atoms with Crippen LogP contribution in [-0.4, -0.2) is 93.2 Å². The van der Waals surface area contributed by atoms with Crippen LogP contribution in [0.25, 0.3) is 11.2 Å². The highest BCUT2D eigenvalue weighted by atomic mass is 35.5. The van der Waals surface area contributed by atoms with Crippen LogP contribution in [0.3, 0.4) is 0 Å². The molecule has 1 aliphatic carbocycles. The number of aromatic nitrogens is 5. The van der Waals surface area contributed by atoms with Gasteiger partial charge in [-0.1, -0.05) is 18.1 Å². The van der Waals surface area contributed by atoms with Gasteiger partial charge in [-0.3, -0.25) is 4.57 Å². The van der Waals surface area contributed by atoms with E-state index in [1.54, 1.807) is 0 Å². The van der Waals surface area contributed by atoms with Crippen LogP contribution in [0, 0.1) is 0 Å². The highest BCUT2D eigenvalue weighted by molar-refractivity contribution is 7.53. The molecule has 2 fully saturated rings. The Morgan fingerprint density at radius 3 is 2.61 bits per heavy atom. The molecule has 1 unspecified atom stereocenters. The van der Waals surface area contributed by atoms with E-state index in [4.69, 9.17) is 31.2 Å². The maximum atomic E-state index is 14.2. The molecule has 2 aromatic heterocycles. The number of ether oxygens (including phenoxy) is 2. The molecule has 5 atom stereocenters. The molecule has 0 aromatic carbocycles. The monoisotopic (exact) mass is 512 g/mol. The second kappa shape index (κ2) is 9.24. The molecule has 2 aromatic rings. The van der Waals surface area contributed by atoms with Crippen LogP contribution in [0.1, 0.15) is 31.9 Å². The summed E-state index contributed by atoms with van der Waals surface area (Å²) in [5.41, 5.74) is -3.35. The lowest BCUT2D eigenvalue weighted by Gasteiger charge is -2.26. The second-order valence-electron chi connectivity index (χ2n) is 7.92. The smallest absolute Gasteiger partial charge is 0.390 e. The van der Waals surface area contributed by atoms with Crippen molar-refractivity contribution < 1.29 is 43.5 Å². The average Bonchev–Trinajstić information content (AvgIpc) is 3.47. The predicted molar refractivity (Wildman–Crippen MR) is 109 cm³/mol. The Bertz CT molecular complexity index is 1050. The van der Waals surface area contributed by atoms with Gasteiger partial charge < -0.3 is 39.9 Å². The van der Waals surface area contributed by atoms with E-state index in [0.717, 1.165) is 30.4 Å². The van der Waals surface area contributed by atoms with E-state index in [9.17, 15) is 19.2 Å². The Labute approximate surface area is 190 Å². The Hall–Kier alpha value is -1.55. The van der Waals surface area contributed by atoms with Crippen LogP contribution in [0.15, 0.2) is 0 Å². The van der Waals surface area contributed by atoms with Gasteiger partial charge in [-0.15, -0.1) is 5.10 Å². The molecular weight excluding hydrogens is 490 g/mol. The molecule has 3 heterocycles. The van der Waals surface area contributed by atoms with Crippen LogP contribution >= 0.6 is 19.2 Å². The van der Waals surface area contributed by atoms with E-state index in [1.807, 2.05) is 0 Å². The molecule has 6 N–H and O–H groups in total.